The summed E-state index contributed by atoms with van der Waals surface area (Å²) in [6.07, 6.45) is 1.60. The monoisotopic (exact) mass is 580 g/mol. The summed E-state index contributed by atoms with van der Waals surface area (Å²) < 4.78 is 7.41. The van der Waals surface area contributed by atoms with Gasteiger partial charge < -0.3 is 35.4 Å². The predicted octanol–water partition coefficient (Wildman–Crippen LogP) is 1.35. The zero-order valence-electron chi connectivity index (χ0n) is 21.8. The molecule has 5 N–H and O–H groups in total. The SMILES string of the molecule is CC(C)N1CCC(NC(=O)c2cc(C(=O)NC(CO)(CO)CO)nn2Cc2cc(-c3ccc(Cl)s3)on2)CC1. The molecule has 3 aromatic rings. The van der Waals surface area contributed by atoms with Gasteiger partial charge in [-0.15, -0.1) is 11.3 Å². The van der Waals surface area contributed by atoms with Crippen LogP contribution in [0.25, 0.3) is 10.6 Å². The topological polar surface area (TPSA) is 166 Å². The third kappa shape index (κ3) is 6.86. The molecule has 0 spiro atoms. The number of aliphatic hydroxyl groups is 3. The zero-order valence-corrected chi connectivity index (χ0v) is 23.3. The van der Waals surface area contributed by atoms with Crippen molar-refractivity contribution in [3.63, 3.8) is 0 Å². The highest BCUT2D eigenvalue weighted by Crippen LogP contribution is 2.31. The lowest BCUT2D eigenvalue weighted by Gasteiger charge is -2.34. The number of carbonyl (C=O) groups excluding carboxylic acids is 2. The van der Waals surface area contributed by atoms with Gasteiger partial charge in [0.1, 0.15) is 16.9 Å². The highest BCUT2D eigenvalue weighted by Gasteiger charge is 2.32. The van der Waals surface area contributed by atoms with E-state index in [4.69, 9.17) is 16.1 Å². The van der Waals surface area contributed by atoms with Crippen molar-refractivity contribution >= 4 is 34.8 Å². The Labute approximate surface area is 234 Å². The van der Waals surface area contributed by atoms with E-state index in [2.05, 4.69) is 39.6 Å². The quantitative estimate of drug-likeness (QED) is 0.225. The summed E-state index contributed by atoms with van der Waals surface area (Å²) in [5.41, 5.74) is -1.16. The summed E-state index contributed by atoms with van der Waals surface area (Å²) in [5, 5.41) is 42.7. The van der Waals surface area contributed by atoms with Crippen LogP contribution in [0.4, 0.5) is 0 Å². The first-order valence-electron chi connectivity index (χ1n) is 12.7. The number of hydrogen-bond acceptors (Lipinski definition) is 10. The fraction of sp³-hybridized carbons (Fsp3) is 0.520. The summed E-state index contributed by atoms with van der Waals surface area (Å²) in [6.45, 7) is 3.99. The van der Waals surface area contributed by atoms with E-state index in [9.17, 15) is 24.9 Å². The number of halogens is 1. The molecule has 14 heteroatoms. The Balaban J connectivity index is 1.56. The minimum atomic E-state index is -1.64. The number of hydrogen-bond donors (Lipinski definition) is 5. The fourth-order valence-electron chi connectivity index (χ4n) is 4.33. The van der Waals surface area contributed by atoms with E-state index in [1.165, 1.54) is 22.1 Å². The van der Waals surface area contributed by atoms with Gasteiger partial charge in [0.05, 0.1) is 35.6 Å². The van der Waals surface area contributed by atoms with E-state index in [0.717, 1.165) is 30.8 Å². The minimum Gasteiger partial charge on any atom is -0.394 e. The summed E-state index contributed by atoms with van der Waals surface area (Å²) in [5.74, 6) is -0.649. The molecule has 3 aromatic heterocycles. The van der Waals surface area contributed by atoms with Gasteiger partial charge in [0, 0.05) is 37.3 Å². The van der Waals surface area contributed by atoms with Crippen molar-refractivity contribution < 1.29 is 29.4 Å². The number of aliphatic hydroxyl groups excluding tert-OH is 3. The summed E-state index contributed by atoms with van der Waals surface area (Å²) >= 11 is 7.36. The molecule has 1 fully saturated rings. The van der Waals surface area contributed by atoms with Crippen LogP contribution in [-0.2, 0) is 6.54 Å². The van der Waals surface area contributed by atoms with Gasteiger partial charge in [-0.1, -0.05) is 16.8 Å². The maximum atomic E-state index is 13.4. The second-order valence-electron chi connectivity index (χ2n) is 9.94. The van der Waals surface area contributed by atoms with E-state index >= 15 is 0 Å². The van der Waals surface area contributed by atoms with E-state index in [0.29, 0.717) is 21.8 Å². The van der Waals surface area contributed by atoms with Crippen molar-refractivity contribution in [1.82, 2.24) is 30.5 Å². The van der Waals surface area contributed by atoms with Crippen LogP contribution >= 0.6 is 22.9 Å². The molecular weight excluding hydrogens is 548 g/mol. The molecule has 212 valence electrons. The van der Waals surface area contributed by atoms with Gasteiger partial charge in [-0.05, 0) is 38.8 Å². The molecule has 0 saturated carbocycles. The number of rotatable bonds is 11. The Morgan fingerprint density at radius 2 is 1.85 bits per heavy atom. The number of aromatic nitrogens is 3. The van der Waals surface area contributed by atoms with E-state index < -0.39 is 37.2 Å². The van der Waals surface area contributed by atoms with Gasteiger partial charge in [-0.25, -0.2) is 0 Å². The van der Waals surface area contributed by atoms with Crippen LogP contribution in [0.3, 0.4) is 0 Å². The lowest BCUT2D eigenvalue weighted by Crippen LogP contribution is -2.57. The van der Waals surface area contributed by atoms with Crippen molar-refractivity contribution in [1.29, 1.82) is 0 Å². The maximum Gasteiger partial charge on any atom is 0.272 e. The zero-order chi connectivity index (χ0) is 28.2. The first-order chi connectivity index (χ1) is 18.7. The van der Waals surface area contributed by atoms with Crippen molar-refractivity contribution in [3.05, 3.63) is 45.7 Å². The maximum absolute atomic E-state index is 13.4. The van der Waals surface area contributed by atoms with E-state index in [-0.39, 0.29) is 24.0 Å². The fourth-order valence-corrected chi connectivity index (χ4v) is 5.32. The van der Waals surface area contributed by atoms with Gasteiger partial charge in [-0.3, -0.25) is 14.3 Å². The Morgan fingerprint density at radius 3 is 2.44 bits per heavy atom. The molecule has 1 saturated heterocycles. The molecule has 0 radical (unpaired) electrons. The largest absolute Gasteiger partial charge is 0.394 e. The van der Waals surface area contributed by atoms with Crippen molar-refractivity contribution in [3.8, 4) is 10.6 Å². The molecule has 0 unspecified atom stereocenters. The molecule has 39 heavy (non-hydrogen) atoms. The van der Waals surface area contributed by atoms with Gasteiger partial charge in [0.15, 0.2) is 11.5 Å². The standard InChI is InChI=1S/C25H33ClN6O6S/c1-15(2)31-7-5-16(6-8-31)27-24(37)19-10-18(23(36)28-25(12-33,13-34)14-35)29-32(19)11-17-9-20(38-30-17)21-3-4-22(26)39-21/h3-4,9-10,15-16,33-35H,5-8,11-14H2,1-2H3,(H,27,37)(H,28,36). The van der Waals surface area contributed by atoms with Gasteiger partial charge >= 0.3 is 0 Å². The van der Waals surface area contributed by atoms with Crippen molar-refractivity contribution in [2.24, 2.45) is 0 Å². The molecule has 0 aromatic carbocycles. The Morgan fingerprint density at radius 1 is 1.15 bits per heavy atom. The molecule has 1 aliphatic heterocycles. The second-order valence-corrected chi connectivity index (χ2v) is 11.7. The smallest absolute Gasteiger partial charge is 0.272 e. The highest BCUT2D eigenvalue weighted by atomic mass is 35.5. The number of amides is 2. The van der Waals surface area contributed by atoms with Gasteiger partial charge in [-0.2, -0.15) is 5.10 Å². The predicted molar refractivity (Wildman–Crippen MR) is 145 cm³/mol. The third-order valence-corrected chi connectivity index (χ3v) is 8.06. The number of carbonyl (C=O) groups is 2. The van der Waals surface area contributed by atoms with Crippen LogP contribution in [0, 0.1) is 0 Å². The average molecular weight is 581 g/mol. The number of nitrogens with zero attached hydrogens (tertiary/aromatic N) is 4. The van der Waals surface area contributed by atoms with Crippen LogP contribution < -0.4 is 10.6 Å². The van der Waals surface area contributed by atoms with Crippen LogP contribution in [0.1, 0.15) is 53.4 Å². The number of nitrogens with one attached hydrogen (secondary N) is 2. The van der Waals surface area contributed by atoms with Crippen LogP contribution in [0.5, 0.6) is 0 Å². The van der Waals surface area contributed by atoms with E-state index in [1.54, 1.807) is 12.1 Å². The molecule has 1 aliphatic rings. The molecule has 2 amide bonds. The number of likely N-dealkylation sites (tertiary alicyclic amines) is 1. The molecule has 0 aliphatic carbocycles. The van der Waals surface area contributed by atoms with Gasteiger partial charge in [0.2, 0.25) is 0 Å². The molecule has 12 nitrogen and oxygen atoms in total. The van der Waals surface area contributed by atoms with Crippen molar-refractivity contribution in [2.45, 2.75) is 50.9 Å². The Kier molecular flexibility index (Phi) is 9.41. The molecule has 4 heterocycles. The highest BCUT2D eigenvalue weighted by molar-refractivity contribution is 7.19. The van der Waals surface area contributed by atoms with E-state index in [1.807, 2.05) is 6.07 Å². The summed E-state index contributed by atoms with van der Waals surface area (Å²) in [6, 6.07) is 7.02. The van der Waals surface area contributed by atoms with Crippen LogP contribution in [0.2, 0.25) is 4.34 Å². The first kappa shape index (κ1) is 29.2. The molecule has 4 rings (SSSR count). The van der Waals surface area contributed by atoms with Crippen LogP contribution in [-0.4, -0.2) is 97.5 Å². The Hall–Kier alpha value is -2.81. The lowest BCUT2D eigenvalue weighted by molar-refractivity contribution is 0.0373. The first-order valence-corrected chi connectivity index (χ1v) is 13.9. The summed E-state index contributed by atoms with van der Waals surface area (Å²) in [7, 11) is 0. The minimum absolute atomic E-state index is 0.0267. The molecule has 0 bridgehead atoms. The Bertz CT molecular complexity index is 1270. The second kappa shape index (κ2) is 12.6. The normalized spacial score (nSPS) is 15.2. The molecule has 0 atom stereocenters. The lowest BCUT2D eigenvalue weighted by atomic mass is 10.0. The van der Waals surface area contributed by atoms with Crippen LogP contribution in [0.15, 0.2) is 28.8 Å². The number of thiophene rings is 1. The van der Waals surface area contributed by atoms with Gasteiger partial charge in [0.25, 0.3) is 11.8 Å². The third-order valence-electron chi connectivity index (χ3n) is 6.81. The average Bonchev–Trinajstić information content (AvgIpc) is 3.68. The van der Waals surface area contributed by atoms with Crippen molar-refractivity contribution in [2.75, 3.05) is 32.9 Å². The summed E-state index contributed by atoms with van der Waals surface area (Å²) in [4.78, 5) is 29.5. The molecular formula is C25H33ClN6O6S. The number of piperidine rings is 1.